The third kappa shape index (κ3) is 5.19. The molecule has 1 aromatic carbocycles. The lowest BCUT2D eigenvalue weighted by molar-refractivity contribution is 0.00726. The largest absolute Gasteiger partial charge is 0.379 e. The molecule has 18 heavy (non-hydrogen) atoms. The number of hydrogen-bond donors (Lipinski definition) is 1. The third-order valence-electron chi connectivity index (χ3n) is 3.35. The standard InChI is InChI=1S/C16H27NO/c1-6-17-15(12-16(3,4)18-5)11-14-9-7-8-13(2)10-14/h7-10,15,17H,6,11-12H2,1-5H3. The van der Waals surface area contributed by atoms with Crippen molar-refractivity contribution in [3.63, 3.8) is 0 Å². The molecular formula is C16H27NO. The number of nitrogens with one attached hydrogen (secondary N) is 1. The zero-order valence-corrected chi connectivity index (χ0v) is 12.4. The lowest BCUT2D eigenvalue weighted by atomic mass is 9.93. The van der Waals surface area contributed by atoms with Crippen LogP contribution in [0.1, 0.15) is 38.3 Å². The quantitative estimate of drug-likeness (QED) is 0.800. The molecule has 0 radical (unpaired) electrons. The van der Waals surface area contributed by atoms with E-state index >= 15 is 0 Å². The highest BCUT2D eigenvalue weighted by molar-refractivity contribution is 5.23. The molecule has 1 atom stereocenters. The first kappa shape index (κ1) is 15.2. The van der Waals surface area contributed by atoms with Crippen LogP contribution in [0.2, 0.25) is 0 Å². The van der Waals surface area contributed by atoms with E-state index < -0.39 is 0 Å². The summed E-state index contributed by atoms with van der Waals surface area (Å²) in [5.74, 6) is 0. The van der Waals surface area contributed by atoms with E-state index in [1.54, 1.807) is 7.11 Å². The van der Waals surface area contributed by atoms with Crippen molar-refractivity contribution in [2.24, 2.45) is 0 Å². The number of benzene rings is 1. The van der Waals surface area contributed by atoms with Gasteiger partial charge in [-0.3, -0.25) is 0 Å². The monoisotopic (exact) mass is 249 g/mol. The van der Waals surface area contributed by atoms with Gasteiger partial charge in [-0.25, -0.2) is 0 Å². The maximum atomic E-state index is 5.54. The summed E-state index contributed by atoms with van der Waals surface area (Å²) < 4.78 is 5.54. The number of rotatable bonds is 7. The fraction of sp³-hybridized carbons (Fsp3) is 0.625. The number of likely N-dealkylation sites (N-methyl/N-ethyl adjacent to an activating group) is 1. The Hall–Kier alpha value is -0.860. The van der Waals surface area contributed by atoms with Gasteiger partial charge in [-0.15, -0.1) is 0 Å². The SMILES string of the molecule is CCNC(Cc1cccc(C)c1)CC(C)(C)OC. The summed E-state index contributed by atoms with van der Waals surface area (Å²) >= 11 is 0. The molecule has 0 saturated heterocycles. The second-order valence-corrected chi connectivity index (χ2v) is 5.62. The second-order valence-electron chi connectivity index (χ2n) is 5.62. The molecule has 2 heteroatoms. The van der Waals surface area contributed by atoms with Crippen LogP contribution in [0.4, 0.5) is 0 Å². The molecular weight excluding hydrogens is 222 g/mol. The van der Waals surface area contributed by atoms with Crippen molar-refractivity contribution >= 4 is 0 Å². The Kier molecular flexibility index (Phi) is 5.83. The summed E-state index contributed by atoms with van der Waals surface area (Å²) in [7, 11) is 1.79. The van der Waals surface area contributed by atoms with Crippen LogP contribution in [0, 0.1) is 6.92 Å². The van der Waals surface area contributed by atoms with Crippen molar-refractivity contribution in [3.8, 4) is 0 Å². The minimum absolute atomic E-state index is 0.0728. The molecule has 0 aliphatic rings. The van der Waals surface area contributed by atoms with Crippen molar-refractivity contribution in [1.29, 1.82) is 0 Å². The summed E-state index contributed by atoms with van der Waals surface area (Å²) in [4.78, 5) is 0. The zero-order valence-electron chi connectivity index (χ0n) is 12.4. The van der Waals surface area contributed by atoms with Crippen LogP contribution < -0.4 is 5.32 Å². The molecule has 0 aliphatic carbocycles. The van der Waals surface area contributed by atoms with E-state index in [0.29, 0.717) is 6.04 Å². The highest BCUT2D eigenvalue weighted by Crippen LogP contribution is 2.18. The van der Waals surface area contributed by atoms with Crippen molar-refractivity contribution in [2.75, 3.05) is 13.7 Å². The van der Waals surface area contributed by atoms with Crippen molar-refractivity contribution < 1.29 is 4.74 Å². The number of aryl methyl sites for hydroxylation is 1. The highest BCUT2D eigenvalue weighted by Gasteiger charge is 2.22. The van der Waals surface area contributed by atoms with Gasteiger partial charge >= 0.3 is 0 Å². The minimum Gasteiger partial charge on any atom is -0.379 e. The first-order valence-corrected chi connectivity index (χ1v) is 6.81. The zero-order chi connectivity index (χ0) is 13.6. The summed E-state index contributed by atoms with van der Waals surface area (Å²) in [5, 5.41) is 3.56. The Bertz CT molecular complexity index is 360. The Labute approximate surface area is 112 Å². The molecule has 1 N–H and O–H groups in total. The van der Waals surface area contributed by atoms with Gasteiger partial charge < -0.3 is 10.1 Å². The second kappa shape index (κ2) is 6.91. The molecule has 0 aliphatic heterocycles. The first-order chi connectivity index (χ1) is 8.46. The summed E-state index contributed by atoms with van der Waals surface area (Å²) in [6.07, 6.45) is 2.08. The van der Waals surface area contributed by atoms with Gasteiger partial charge in [0.25, 0.3) is 0 Å². The van der Waals surface area contributed by atoms with Crippen LogP contribution in [0.15, 0.2) is 24.3 Å². The molecule has 0 fully saturated rings. The molecule has 1 aromatic rings. The van der Waals surface area contributed by atoms with E-state index in [-0.39, 0.29) is 5.60 Å². The van der Waals surface area contributed by atoms with Gasteiger partial charge in [-0.2, -0.15) is 0 Å². The van der Waals surface area contributed by atoms with E-state index in [9.17, 15) is 0 Å². The molecule has 0 saturated carbocycles. The van der Waals surface area contributed by atoms with Gasteiger partial charge in [0.15, 0.2) is 0 Å². The lowest BCUT2D eigenvalue weighted by Crippen LogP contribution is -2.39. The van der Waals surface area contributed by atoms with Crippen molar-refractivity contribution in [2.45, 2.75) is 52.2 Å². The Balaban J connectivity index is 2.68. The van der Waals surface area contributed by atoms with Crippen molar-refractivity contribution in [1.82, 2.24) is 5.32 Å². The Morgan fingerprint density at radius 1 is 1.33 bits per heavy atom. The van der Waals surface area contributed by atoms with Gasteiger partial charge in [0.1, 0.15) is 0 Å². The lowest BCUT2D eigenvalue weighted by Gasteiger charge is -2.29. The number of ether oxygens (including phenoxy) is 1. The number of methoxy groups -OCH3 is 1. The van der Waals surface area contributed by atoms with E-state index in [2.05, 4.69) is 57.3 Å². The molecule has 0 bridgehead atoms. The van der Waals surface area contributed by atoms with E-state index in [4.69, 9.17) is 4.74 Å². The normalized spacial score (nSPS) is 13.6. The third-order valence-corrected chi connectivity index (χ3v) is 3.35. The molecule has 0 aromatic heterocycles. The van der Waals surface area contributed by atoms with Gasteiger partial charge in [-0.1, -0.05) is 36.8 Å². The van der Waals surface area contributed by atoms with Crippen LogP contribution in [-0.4, -0.2) is 25.3 Å². The van der Waals surface area contributed by atoms with Gasteiger partial charge in [0.2, 0.25) is 0 Å². The van der Waals surface area contributed by atoms with Gasteiger partial charge in [0, 0.05) is 13.2 Å². The molecule has 0 spiro atoms. The van der Waals surface area contributed by atoms with Crippen LogP contribution >= 0.6 is 0 Å². The molecule has 2 nitrogen and oxygen atoms in total. The minimum atomic E-state index is -0.0728. The molecule has 1 rings (SSSR count). The topological polar surface area (TPSA) is 21.3 Å². The average molecular weight is 249 g/mol. The molecule has 1 unspecified atom stereocenters. The molecule has 0 amide bonds. The van der Waals surface area contributed by atoms with E-state index in [1.807, 2.05) is 0 Å². The predicted octanol–water partition coefficient (Wildman–Crippen LogP) is 3.33. The fourth-order valence-electron chi connectivity index (χ4n) is 2.31. The highest BCUT2D eigenvalue weighted by atomic mass is 16.5. The summed E-state index contributed by atoms with van der Waals surface area (Å²) in [6.45, 7) is 9.59. The Morgan fingerprint density at radius 2 is 2.06 bits per heavy atom. The van der Waals surface area contributed by atoms with Crippen LogP contribution in [-0.2, 0) is 11.2 Å². The predicted molar refractivity (Wildman–Crippen MR) is 78.1 cm³/mol. The van der Waals surface area contributed by atoms with E-state index in [1.165, 1.54) is 11.1 Å². The average Bonchev–Trinajstić information content (AvgIpc) is 2.29. The number of hydrogen-bond acceptors (Lipinski definition) is 2. The van der Waals surface area contributed by atoms with Gasteiger partial charge in [0.05, 0.1) is 5.60 Å². The van der Waals surface area contributed by atoms with Crippen molar-refractivity contribution in [3.05, 3.63) is 35.4 Å². The smallest absolute Gasteiger partial charge is 0.0637 e. The van der Waals surface area contributed by atoms with Gasteiger partial charge in [-0.05, 0) is 45.7 Å². The van der Waals surface area contributed by atoms with E-state index in [0.717, 1.165) is 19.4 Å². The molecule has 102 valence electrons. The van der Waals surface area contributed by atoms with Crippen LogP contribution in [0.5, 0.6) is 0 Å². The summed E-state index contributed by atoms with van der Waals surface area (Å²) in [5.41, 5.74) is 2.65. The maximum absolute atomic E-state index is 5.54. The Morgan fingerprint density at radius 3 is 2.61 bits per heavy atom. The molecule has 0 heterocycles. The van der Waals surface area contributed by atoms with Crippen LogP contribution in [0.25, 0.3) is 0 Å². The fourth-order valence-corrected chi connectivity index (χ4v) is 2.31. The summed E-state index contributed by atoms with van der Waals surface area (Å²) in [6, 6.07) is 9.22. The maximum Gasteiger partial charge on any atom is 0.0637 e. The van der Waals surface area contributed by atoms with Crippen LogP contribution in [0.3, 0.4) is 0 Å². The first-order valence-electron chi connectivity index (χ1n) is 6.81.